The number of nitrogens with one attached hydrogen (secondary N) is 2. The average Bonchev–Trinajstić information content (AvgIpc) is 2.92. The summed E-state index contributed by atoms with van der Waals surface area (Å²) in [5, 5.41) is 21.2. The highest BCUT2D eigenvalue weighted by Crippen LogP contribution is 2.21. The van der Waals surface area contributed by atoms with Crippen molar-refractivity contribution in [3.63, 3.8) is 0 Å². The summed E-state index contributed by atoms with van der Waals surface area (Å²) < 4.78 is 3.49. The number of rotatable bonds is 4. The number of carbonyl (C=O) groups is 2. The largest absolute Gasteiger partial charge is 0.479 e. The Morgan fingerprint density at radius 3 is 2.55 bits per heavy atom. The van der Waals surface area contributed by atoms with Gasteiger partial charge in [0.2, 0.25) is 5.13 Å². The first-order valence-electron chi connectivity index (χ1n) is 5.55. The molecule has 8 nitrogen and oxygen atoms in total. The second-order valence-electron chi connectivity index (χ2n) is 4.04. The Balaban J connectivity index is 2.18. The first-order valence-corrected chi connectivity index (χ1v) is 6.33. The van der Waals surface area contributed by atoms with Crippen LogP contribution < -0.4 is 10.6 Å². The van der Waals surface area contributed by atoms with Crippen molar-refractivity contribution in [2.75, 3.05) is 5.32 Å². The van der Waals surface area contributed by atoms with Crippen molar-refractivity contribution in [2.45, 2.75) is 12.5 Å². The van der Waals surface area contributed by atoms with Crippen LogP contribution in [0.4, 0.5) is 9.93 Å². The second-order valence-corrected chi connectivity index (χ2v) is 4.78. The van der Waals surface area contributed by atoms with Gasteiger partial charge in [0.05, 0.1) is 0 Å². The molecule has 1 unspecified atom stereocenters. The number of hydrogen-bond acceptors (Lipinski definition) is 6. The lowest BCUT2D eigenvalue weighted by atomic mass is 9.92. The first-order chi connectivity index (χ1) is 9.52. The molecule has 1 aromatic carbocycles. The molecule has 0 saturated heterocycles. The van der Waals surface area contributed by atoms with Crippen LogP contribution in [-0.4, -0.2) is 31.9 Å². The minimum atomic E-state index is -1.55. The first kappa shape index (κ1) is 13.9. The molecule has 3 N–H and O–H groups in total. The van der Waals surface area contributed by atoms with E-state index in [1.807, 2.05) is 0 Å². The summed E-state index contributed by atoms with van der Waals surface area (Å²) in [7, 11) is 0. The van der Waals surface area contributed by atoms with Gasteiger partial charge in [0, 0.05) is 11.5 Å². The van der Waals surface area contributed by atoms with Crippen molar-refractivity contribution in [1.29, 1.82) is 0 Å². The van der Waals surface area contributed by atoms with Gasteiger partial charge in [-0.1, -0.05) is 39.9 Å². The summed E-state index contributed by atoms with van der Waals surface area (Å²) in [4.78, 5) is 23.3. The minimum Gasteiger partial charge on any atom is -0.479 e. The molecule has 0 aliphatic carbocycles. The normalized spacial score (nSPS) is 13.2. The molecule has 0 radical (unpaired) electrons. The molecule has 2 amide bonds. The third-order valence-corrected chi connectivity index (χ3v) is 3.17. The van der Waals surface area contributed by atoms with Crippen LogP contribution in [0, 0.1) is 0 Å². The van der Waals surface area contributed by atoms with E-state index in [9.17, 15) is 14.7 Å². The highest BCUT2D eigenvalue weighted by Gasteiger charge is 2.37. The van der Waals surface area contributed by atoms with Gasteiger partial charge in [-0.25, -0.2) is 9.59 Å². The Morgan fingerprint density at radius 1 is 1.30 bits per heavy atom. The standard InChI is InChI=1S/C11H11N5O3S/c1-11(8(17)18,7-5-3-2-4-6-7)13-9(19)12-10-14-15-16-20-10/h2-6H,1H3,(H,17,18)(H2,12,13,14,16,19). The highest BCUT2D eigenvalue weighted by molar-refractivity contribution is 7.09. The van der Waals surface area contributed by atoms with Gasteiger partial charge < -0.3 is 10.4 Å². The lowest BCUT2D eigenvalue weighted by Gasteiger charge is -2.26. The van der Waals surface area contributed by atoms with Crippen molar-refractivity contribution in [1.82, 2.24) is 20.1 Å². The predicted octanol–water partition coefficient (Wildman–Crippen LogP) is 1.05. The average molecular weight is 293 g/mol. The van der Waals surface area contributed by atoms with E-state index >= 15 is 0 Å². The Bertz CT molecular complexity index is 604. The van der Waals surface area contributed by atoms with Gasteiger partial charge in [-0.05, 0) is 17.7 Å². The highest BCUT2D eigenvalue weighted by atomic mass is 32.1. The van der Waals surface area contributed by atoms with Gasteiger partial charge >= 0.3 is 12.0 Å². The van der Waals surface area contributed by atoms with Crippen LogP contribution in [-0.2, 0) is 10.3 Å². The van der Waals surface area contributed by atoms with Gasteiger partial charge in [0.1, 0.15) is 0 Å². The molecule has 2 aromatic rings. The van der Waals surface area contributed by atoms with Crippen molar-refractivity contribution in [3.05, 3.63) is 35.9 Å². The van der Waals surface area contributed by atoms with Crippen LogP contribution in [0.5, 0.6) is 0 Å². The summed E-state index contributed by atoms with van der Waals surface area (Å²) in [5.74, 6) is -1.17. The van der Waals surface area contributed by atoms with Crippen LogP contribution in [0.15, 0.2) is 30.3 Å². The number of anilines is 1. The van der Waals surface area contributed by atoms with Gasteiger partial charge in [0.25, 0.3) is 0 Å². The number of carbonyl (C=O) groups excluding carboxylic acids is 1. The van der Waals surface area contributed by atoms with Crippen LogP contribution in [0.3, 0.4) is 0 Å². The number of benzene rings is 1. The number of nitrogens with zero attached hydrogens (tertiary/aromatic N) is 3. The topological polar surface area (TPSA) is 117 Å². The maximum absolute atomic E-state index is 11.8. The van der Waals surface area contributed by atoms with Gasteiger partial charge in [-0.3, -0.25) is 5.32 Å². The van der Waals surface area contributed by atoms with E-state index in [1.54, 1.807) is 30.3 Å². The monoisotopic (exact) mass is 293 g/mol. The Hall–Kier alpha value is -2.55. The fourth-order valence-electron chi connectivity index (χ4n) is 1.56. The molecule has 0 saturated carbocycles. The summed E-state index contributed by atoms with van der Waals surface area (Å²) in [5.41, 5.74) is -1.10. The number of aromatic nitrogens is 3. The Kier molecular flexibility index (Phi) is 3.89. The Morgan fingerprint density at radius 2 is 2.00 bits per heavy atom. The van der Waals surface area contributed by atoms with E-state index in [0.29, 0.717) is 5.56 Å². The van der Waals surface area contributed by atoms with Crippen molar-refractivity contribution < 1.29 is 14.7 Å². The molecule has 9 heteroatoms. The van der Waals surface area contributed by atoms with Crippen LogP contribution in [0.2, 0.25) is 0 Å². The summed E-state index contributed by atoms with van der Waals surface area (Å²) >= 11 is 0.890. The molecule has 0 aliphatic rings. The second kappa shape index (κ2) is 5.61. The molecule has 2 rings (SSSR count). The van der Waals surface area contributed by atoms with Crippen LogP contribution in [0.25, 0.3) is 0 Å². The fourth-order valence-corrected chi connectivity index (χ4v) is 1.92. The number of carboxylic acid groups (broad SMARTS) is 1. The molecule has 0 fully saturated rings. The van der Waals surface area contributed by atoms with Crippen molar-refractivity contribution in [3.8, 4) is 0 Å². The molecular formula is C11H11N5O3S. The third-order valence-electron chi connectivity index (χ3n) is 2.66. The smallest absolute Gasteiger partial charge is 0.333 e. The zero-order valence-corrected chi connectivity index (χ0v) is 11.2. The molecule has 0 aliphatic heterocycles. The summed E-state index contributed by atoms with van der Waals surface area (Å²) in [6, 6.07) is 7.72. The minimum absolute atomic E-state index is 0.184. The van der Waals surface area contributed by atoms with Crippen molar-refractivity contribution >= 4 is 28.7 Å². The van der Waals surface area contributed by atoms with Gasteiger partial charge in [-0.2, -0.15) is 0 Å². The maximum Gasteiger partial charge on any atom is 0.333 e. The van der Waals surface area contributed by atoms with Crippen LogP contribution >= 0.6 is 11.5 Å². The maximum atomic E-state index is 11.8. The lowest BCUT2D eigenvalue weighted by molar-refractivity contribution is -0.144. The SMILES string of the molecule is CC(NC(=O)Nc1nnns1)(C(=O)O)c1ccccc1. The molecule has 1 aromatic heterocycles. The molecular weight excluding hydrogens is 282 g/mol. The van der Waals surface area contributed by atoms with E-state index < -0.39 is 17.5 Å². The molecule has 1 heterocycles. The summed E-state index contributed by atoms with van der Waals surface area (Å²) in [6.07, 6.45) is 0. The number of urea groups is 1. The molecule has 104 valence electrons. The molecule has 1 atom stereocenters. The third kappa shape index (κ3) is 2.88. The van der Waals surface area contributed by atoms with E-state index in [-0.39, 0.29) is 5.13 Å². The fraction of sp³-hybridized carbons (Fsp3) is 0.182. The molecule has 0 bridgehead atoms. The van der Waals surface area contributed by atoms with E-state index in [2.05, 4.69) is 25.4 Å². The van der Waals surface area contributed by atoms with E-state index in [0.717, 1.165) is 11.5 Å². The zero-order valence-electron chi connectivity index (χ0n) is 10.4. The van der Waals surface area contributed by atoms with Gasteiger partial charge in [0.15, 0.2) is 5.54 Å². The zero-order chi connectivity index (χ0) is 14.6. The van der Waals surface area contributed by atoms with Gasteiger partial charge in [-0.15, -0.1) is 0 Å². The number of carboxylic acids is 1. The van der Waals surface area contributed by atoms with E-state index in [1.165, 1.54) is 6.92 Å². The molecule has 20 heavy (non-hydrogen) atoms. The summed E-state index contributed by atoms with van der Waals surface area (Å²) in [6.45, 7) is 1.41. The van der Waals surface area contributed by atoms with E-state index in [4.69, 9.17) is 0 Å². The lowest BCUT2D eigenvalue weighted by Crippen LogP contribution is -2.51. The number of aliphatic carboxylic acids is 1. The number of amides is 2. The predicted molar refractivity (Wildman–Crippen MR) is 71.3 cm³/mol. The Labute approximate surface area is 118 Å². The van der Waals surface area contributed by atoms with Crippen molar-refractivity contribution in [2.24, 2.45) is 0 Å². The van der Waals surface area contributed by atoms with Crippen LogP contribution in [0.1, 0.15) is 12.5 Å². The quantitative estimate of drug-likeness (QED) is 0.775. The number of hydrogen-bond donors (Lipinski definition) is 3. The molecule has 0 spiro atoms.